The average Bonchev–Trinajstić information content (AvgIpc) is 2.96. The monoisotopic (exact) mass is 335 g/mol. The molecule has 2 bridgehead atoms. The van der Waals surface area contributed by atoms with E-state index in [9.17, 15) is 15.4 Å². The predicted molar refractivity (Wildman–Crippen MR) is 95.0 cm³/mol. The third kappa shape index (κ3) is 2.02. The number of rotatable bonds is 1. The largest absolute Gasteiger partial charge is 0.411 e. The predicted octanol–water partition coefficient (Wildman–Crippen LogP) is 3.60. The lowest BCUT2D eigenvalue weighted by Gasteiger charge is -2.61. The molecule has 3 aliphatic rings. The van der Waals surface area contributed by atoms with E-state index < -0.39 is 17.6 Å². The van der Waals surface area contributed by atoms with Crippen LogP contribution in [0, 0.1) is 34.0 Å². The molecule has 4 heteroatoms. The van der Waals surface area contributed by atoms with Crippen molar-refractivity contribution in [1.82, 2.24) is 0 Å². The number of aliphatic hydroxyl groups is 2. The first kappa shape index (κ1) is 17.9. The van der Waals surface area contributed by atoms with E-state index in [0.717, 1.165) is 31.4 Å². The van der Waals surface area contributed by atoms with Crippen LogP contribution in [0.4, 0.5) is 0 Å². The number of hydrogen-bond donors (Lipinski definition) is 3. The Morgan fingerprint density at radius 3 is 2.46 bits per heavy atom. The Morgan fingerprint density at radius 1 is 1.21 bits per heavy atom. The molecular weight excluding hydrogens is 302 g/mol. The fourth-order valence-corrected chi connectivity index (χ4v) is 6.50. The highest BCUT2D eigenvalue weighted by atomic mass is 16.4. The first-order valence-electron chi connectivity index (χ1n) is 9.38. The van der Waals surface area contributed by atoms with E-state index in [2.05, 4.69) is 32.5 Å². The van der Waals surface area contributed by atoms with Gasteiger partial charge in [-0.25, -0.2) is 0 Å². The third-order valence-electron chi connectivity index (χ3n) is 8.48. The second-order valence-electron chi connectivity index (χ2n) is 9.23. The molecule has 0 aromatic heterocycles. The van der Waals surface area contributed by atoms with Crippen LogP contribution >= 0.6 is 0 Å². The van der Waals surface area contributed by atoms with Gasteiger partial charge in [0.1, 0.15) is 0 Å². The standard InChI is InChI=1S/C20H33NO3/c1-6-18(4)11-15(22)19(5)12(2)7-9-20(13(3)17(18)23)10-8-14(21-24)16(19)20/h6,12-13,15-17,22-24H,1,7-11H2,2-5H3. The summed E-state index contributed by atoms with van der Waals surface area (Å²) in [7, 11) is 0. The molecule has 0 radical (unpaired) electrons. The quantitative estimate of drug-likeness (QED) is 0.389. The first-order valence-corrected chi connectivity index (χ1v) is 9.38. The highest BCUT2D eigenvalue weighted by Gasteiger charge is 2.66. The van der Waals surface area contributed by atoms with Crippen molar-refractivity contribution in [1.29, 1.82) is 0 Å². The van der Waals surface area contributed by atoms with Gasteiger partial charge in [-0.1, -0.05) is 38.9 Å². The molecule has 3 rings (SSSR count). The van der Waals surface area contributed by atoms with E-state index in [-0.39, 0.29) is 22.7 Å². The van der Waals surface area contributed by atoms with Crippen molar-refractivity contribution >= 4 is 5.71 Å². The van der Waals surface area contributed by atoms with Crippen molar-refractivity contribution in [2.45, 2.75) is 72.0 Å². The van der Waals surface area contributed by atoms with Crippen LogP contribution in [0.25, 0.3) is 0 Å². The Morgan fingerprint density at radius 2 is 1.88 bits per heavy atom. The van der Waals surface area contributed by atoms with Crippen LogP contribution in [0.3, 0.4) is 0 Å². The average molecular weight is 335 g/mol. The molecule has 0 aliphatic heterocycles. The molecular formula is C20H33NO3. The van der Waals surface area contributed by atoms with Gasteiger partial charge < -0.3 is 15.4 Å². The zero-order valence-corrected chi connectivity index (χ0v) is 15.5. The van der Waals surface area contributed by atoms with E-state index in [0.29, 0.717) is 12.3 Å². The summed E-state index contributed by atoms with van der Waals surface area (Å²) in [6, 6.07) is 0. The maximum absolute atomic E-state index is 11.3. The molecule has 4 nitrogen and oxygen atoms in total. The lowest BCUT2D eigenvalue weighted by molar-refractivity contribution is -0.176. The van der Waals surface area contributed by atoms with Crippen LogP contribution in [-0.2, 0) is 0 Å². The second-order valence-corrected chi connectivity index (χ2v) is 9.23. The first-order chi connectivity index (χ1) is 11.2. The van der Waals surface area contributed by atoms with Crippen molar-refractivity contribution in [2.75, 3.05) is 0 Å². The smallest absolute Gasteiger partial charge is 0.0660 e. The highest BCUT2D eigenvalue weighted by Crippen LogP contribution is 2.67. The Bertz CT molecular complexity index is 561. The zero-order chi connectivity index (χ0) is 17.9. The maximum atomic E-state index is 11.3. The summed E-state index contributed by atoms with van der Waals surface area (Å²) >= 11 is 0. The van der Waals surface area contributed by atoms with Crippen LogP contribution in [0.15, 0.2) is 17.8 Å². The van der Waals surface area contributed by atoms with E-state index in [4.69, 9.17) is 0 Å². The molecule has 0 aromatic carbocycles. The minimum atomic E-state index is -0.558. The van der Waals surface area contributed by atoms with Crippen molar-refractivity contribution in [3.8, 4) is 0 Å². The SMILES string of the molecule is C=CC1(C)CC(O)C2(C)C(C)CCC3(CCC(=NO)C32)C(C)C1O. The third-order valence-corrected chi connectivity index (χ3v) is 8.48. The normalized spacial score (nSPS) is 56.4. The fourth-order valence-electron chi connectivity index (χ4n) is 6.50. The van der Waals surface area contributed by atoms with Gasteiger partial charge in [0.25, 0.3) is 0 Å². The van der Waals surface area contributed by atoms with E-state index >= 15 is 0 Å². The van der Waals surface area contributed by atoms with Crippen LogP contribution in [-0.4, -0.2) is 33.3 Å². The molecule has 3 aliphatic carbocycles. The zero-order valence-electron chi connectivity index (χ0n) is 15.5. The van der Waals surface area contributed by atoms with Gasteiger partial charge in [-0.2, -0.15) is 0 Å². The van der Waals surface area contributed by atoms with Crippen molar-refractivity contribution < 1.29 is 15.4 Å². The summed E-state index contributed by atoms with van der Waals surface area (Å²) in [5.41, 5.74) is -0.124. The summed E-state index contributed by atoms with van der Waals surface area (Å²) < 4.78 is 0. The van der Waals surface area contributed by atoms with Gasteiger partial charge in [0.15, 0.2) is 0 Å². The van der Waals surface area contributed by atoms with Gasteiger partial charge in [-0.05, 0) is 49.4 Å². The summed E-state index contributed by atoms with van der Waals surface area (Å²) in [4.78, 5) is 0. The number of oxime groups is 1. The van der Waals surface area contributed by atoms with E-state index in [1.807, 2.05) is 13.0 Å². The number of hydrogen-bond acceptors (Lipinski definition) is 4. The molecule has 8 unspecified atom stereocenters. The molecule has 0 saturated heterocycles. The van der Waals surface area contributed by atoms with Crippen molar-refractivity contribution in [3.63, 3.8) is 0 Å². The summed E-state index contributed by atoms with van der Waals surface area (Å²) in [6.07, 6.45) is 4.97. The molecule has 3 fully saturated rings. The molecule has 136 valence electrons. The van der Waals surface area contributed by atoms with Gasteiger partial charge in [-0.3, -0.25) is 0 Å². The van der Waals surface area contributed by atoms with Crippen LogP contribution in [0.2, 0.25) is 0 Å². The van der Waals surface area contributed by atoms with E-state index in [1.165, 1.54) is 0 Å². The lowest BCUT2D eigenvalue weighted by Crippen LogP contribution is -2.62. The number of nitrogens with zero attached hydrogens (tertiary/aromatic N) is 1. The minimum absolute atomic E-state index is 0.0350. The van der Waals surface area contributed by atoms with Crippen LogP contribution in [0.5, 0.6) is 0 Å². The second kappa shape index (κ2) is 5.57. The summed E-state index contributed by atoms with van der Waals surface area (Å²) in [5.74, 6) is 0.453. The Kier molecular flexibility index (Phi) is 4.16. The molecule has 0 amide bonds. The van der Waals surface area contributed by atoms with Crippen LogP contribution < -0.4 is 0 Å². The summed E-state index contributed by atoms with van der Waals surface area (Å²) in [5, 5.41) is 35.8. The molecule has 0 aromatic rings. The summed E-state index contributed by atoms with van der Waals surface area (Å²) in [6.45, 7) is 12.5. The van der Waals surface area contributed by atoms with Crippen molar-refractivity contribution in [2.24, 2.45) is 39.2 Å². The topological polar surface area (TPSA) is 73.1 Å². The van der Waals surface area contributed by atoms with Gasteiger partial charge in [0.05, 0.1) is 17.9 Å². The highest BCUT2D eigenvalue weighted by molar-refractivity contribution is 5.90. The van der Waals surface area contributed by atoms with Gasteiger partial charge >= 0.3 is 0 Å². The lowest BCUT2D eigenvalue weighted by atomic mass is 9.44. The van der Waals surface area contributed by atoms with Gasteiger partial charge in [0.2, 0.25) is 0 Å². The number of aliphatic hydroxyl groups excluding tert-OH is 2. The Labute approximate surface area is 145 Å². The Balaban J connectivity index is 2.23. The van der Waals surface area contributed by atoms with Gasteiger partial charge in [0, 0.05) is 16.7 Å². The van der Waals surface area contributed by atoms with E-state index in [1.54, 1.807) is 0 Å². The van der Waals surface area contributed by atoms with Crippen molar-refractivity contribution in [3.05, 3.63) is 12.7 Å². The minimum Gasteiger partial charge on any atom is -0.411 e. The Hall–Kier alpha value is -0.870. The molecule has 8 atom stereocenters. The molecule has 0 heterocycles. The van der Waals surface area contributed by atoms with Crippen LogP contribution in [0.1, 0.15) is 59.8 Å². The molecule has 3 saturated carbocycles. The fraction of sp³-hybridized carbons (Fsp3) is 0.850. The molecule has 0 spiro atoms. The van der Waals surface area contributed by atoms with Gasteiger partial charge in [-0.15, -0.1) is 6.58 Å². The molecule has 3 N–H and O–H groups in total. The maximum Gasteiger partial charge on any atom is 0.0660 e. The molecule has 24 heavy (non-hydrogen) atoms.